The Hall–Kier alpha value is -3.64. The molecule has 6 heteroatoms. The predicted molar refractivity (Wildman–Crippen MR) is 112 cm³/mol. The number of hydrogen-bond donors (Lipinski definition) is 1. The zero-order valence-corrected chi connectivity index (χ0v) is 16.3. The van der Waals surface area contributed by atoms with Gasteiger partial charge in [0.15, 0.2) is 6.10 Å². The van der Waals surface area contributed by atoms with Gasteiger partial charge in [-0.05, 0) is 48.4 Å². The van der Waals surface area contributed by atoms with E-state index in [0.29, 0.717) is 5.69 Å². The molecular formula is C24H20N2O4. The summed E-state index contributed by atoms with van der Waals surface area (Å²) in [7, 11) is 0. The molecule has 6 nitrogen and oxygen atoms in total. The van der Waals surface area contributed by atoms with Crippen LogP contribution in [0.1, 0.15) is 17.2 Å². The van der Waals surface area contributed by atoms with Crippen LogP contribution in [0, 0.1) is 12.8 Å². The quantitative estimate of drug-likeness (QED) is 0.678. The van der Waals surface area contributed by atoms with Gasteiger partial charge in [-0.25, -0.2) is 9.96 Å². The number of imide groups is 1. The Morgan fingerprint density at radius 1 is 0.833 bits per heavy atom. The highest BCUT2D eigenvalue weighted by atomic mass is 16.7. The number of amides is 2. The molecule has 30 heavy (non-hydrogen) atoms. The Balaban J connectivity index is 1.60. The van der Waals surface area contributed by atoms with Crippen molar-refractivity contribution in [3.8, 4) is 5.75 Å². The van der Waals surface area contributed by atoms with Gasteiger partial charge in [-0.2, -0.15) is 0 Å². The van der Waals surface area contributed by atoms with Gasteiger partial charge in [-0.3, -0.25) is 14.4 Å². The van der Waals surface area contributed by atoms with Crippen molar-refractivity contribution in [2.24, 2.45) is 5.92 Å². The third kappa shape index (κ3) is 2.76. The number of anilines is 2. The molecular weight excluding hydrogens is 380 g/mol. The maximum atomic E-state index is 13.5. The molecule has 0 unspecified atom stereocenters. The maximum Gasteiger partial charge on any atom is 0.266 e. The number of fused-ring (bicyclic) bond motifs is 1. The summed E-state index contributed by atoms with van der Waals surface area (Å²) in [5, 5.41) is 11.4. The summed E-state index contributed by atoms with van der Waals surface area (Å²) in [6, 6.07) is 22.9. The normalized spacial score (nSPS) is 23.2. The second-order valence-corrected chi connectivity index (χ2v) is 7.55. The zero-order chi connectivity index (χ0) is 20.8. The van der Waals surface area contributed by atoms with E-state index >= 15 is 0 Å². The molecule has 2 amide bonds. The largest absolute Gasteiger partial charge is 0.508 e. The average molecular weight is 400 g/mol. The van der Waals surface area contributed by atoms with Crippen LogP contribution < -0.4 is 9.96 Å². The summed E-state index contributed by atoms with van der Waals surface area (Å²) in [6.07, 6.45) is -0.906. The molecule has 0 aliphatic carbocycles. The van der Waals surface area contributed by atoms with E-state index in [1.54, 1.807) is 35.4 Å². The Morgan fingerprint density at radius 2 is 1.50 bits per heavy atom. The van der Waals surface area contributed by atoms with Crippen LogP contribution in [0.4, 0.5) is 11.4 Å². The number of para-hydroxylation sites is 2. The van der Waals surface area contributed by atoms with Crippen molar-refractivity contribution < 1.29 is 19.5 Å². The second-order valence-electron chi connectivity index (χ2n) is 7.55. The number of hydrogen-bond acceptors (Lipinski definition) is 5. The molecule has 0 radical (unpaired) electrons. The van der Waals surface area contributed by atoms with Crippen molar-refractivity contribution >= 4 is 23.2 Å². The number of aryl methyl sites for hydroxylation is 1. The fraction of sp³-hybridized carbons (Fsp3) is 0.167. The fourth-order valence-corrected chi connectivity index (χ4v) is 4.28. The van der Waals surface area contributed by atoms with Crippen molar-refractivity contribution in [2.45, 2.75) is 19.1 Å². The number of phenolic OH excluding ortho intramolecular Hbond substituents is 1. The smallest absolute Gasteiger partial charge is 0.266 e. The van der Waals surface area contributed by atoms with Crippen LogP contribution in [0.25, 0.3) is 0 Å². The molecule has 5 rings (SSSR count). The van der Waals surface area contributed by atoms with Crippen LogP contribution >= 0.6 is 0 Å². The fourth-order valence-electron chi connectivity index (χ4n) is 4.28. The third-order valence-corrected chi connectivity index (χ3v) is 5.72. The van der Waals surface area contributed by atoms with Gasteiger partial charge in [-0.15, -0.1) is 0 Å². The van der Waals surface area contributed by atoms with Gasteiger partial charge in [0.2, 0.25) is 5.91 Å². The summed E-state index contributed by atoms with van der Waals surface area (Å²) >= 11 is 0. The molecule has 0 aromatic heterocycles. The number of nitrogens with zero attached hydrogens (tertiary/aromatic N) is 2. The van der Waals surface area contributed by atoms with Crippen molar-refractivity contribution in [2.75, 3.05) is 9.96 Å². The predicted octanol–water partition coefficient (Wildman–Crippen LogP) is 3.75. The van der Waals surface area contributed by atoms with E-state index in [1.165, 1.54) is 4.90 Å². The van der Waals surface area contributed by atoms with Crippen LogP contribution in [0.15, 0.2) is 78.9 Å². The zero-order valence-electron chi connectivity index (χ0n) is 16.3. The number of aromatic hydroxyl groups is 1. The summed E-state index contributed by atoms with van der Waals surface area (Å²) in [4.78, 5) is 34.2. The Morgan fingerprint density at radius 3 is 2.20 bits per heavy atom. The lowest BCUT2D eigenvalue weighted by atomic mass is 9.90. The minimum absolute atomic E-state index is 0.135. The van der Waals surface area contributed by atoms with E-state index in [4.69, 9.17) is 4.84 Å². The van der Waals surface area contributed by atoms with Gasteiger partial charge in [-0.1, -0.05) is 48.5 Å². The van der Waals surface area contributed by atoms with Gasteiger partial charge in [0.1, 0.15) is 11.7 Å². The number of carbonyl (C=O) groups is 2. The van der Waals surface area contributed by atoms with Crippen LogP contribution in [-0.2, 0) is 14.4 Å². The monoisotopic (exact) mass is 400 g/mol. The number of phenols is 1. The molecule has 150 valence electrons. The molecule has 3 atom stereocenters. The minimum atomic E-state index is -0.906. The molecule has 2 heterocycles. The van der Waals surface area contributed by atoms with E-state index in [-0.39, 0.29) is 17.6 Å². The highest BCUT2D eigenvalue weighted by molar-refractivity contribution is 6.24. The summed E-state index contributed by atoms with van der Waals surface area (Å²) in [6.45, 7) is 1.87. The highest BCUT2D eigenvalue weighted by Gasteiger charge is 2.60. The topological polar surface area (TPSA) is 70.1 Å². The lowest BCUT2D eigenvalue weighted by molar-refractivity contribution is -0.126. The highest BCUT2D eigenvalue weighted by Crippen LogP contribution is 2.47. The standard InChI is InChI=1S/C24H20N2O4/c1-15-7-5-6-10-19(15)25-23(28)20-21(16-11-13-18(27)14-12-16)26(30-22(20)24(25)29)17-8-3-2-4-9-17/h2-14,20-22,27H,1H3/t20-,21-,22-/m0/s1. The van der Waals surface area contributed by atoms with Crippen molar-refractivity contribution in [1.82, 2.24) is 0 Å². The molecule has 2 fully saturated rings. The minimum Gasteiger partial charge on any atom is -0.508 e. The van der Waals surface area contributed by atoms with Crippen LogP contribution in [-0.4, -0.2) is 23.0 Å². The molecule has 3 aromatic rings. The van der Waals surface area contributed by atoms with Crippen molar-refractivity contribution in [3.63, 3.8) is 0 Å². The number of rotatable bonds is 3. The summed E-state index contributed by atoms with van der Waals surface area (Å²) in [5.41, 5.74) is 2.98. The van der Waals surface area contributed by atoms with Crippen molar-refractivity contribution in [3.05, 3.63) is 90.0 Å². The maximum absolute atomic E-state index is 13.5. The van der Waals surface area contributed by atoms with Gasteiger partial charge in [0, 0.05) is 0 Å². The molecule has 0 spiro atoms. The molecule has 1 N–H and O–H groups in total. The first kappa shape index (κ1) is 18.4. The van der Waals surface area contributed by atoms with E-state index in [0.717, 1.165) is 16.8 Å². The van der Waals surface area contributed by atoms with Crippen LogP contribution in [0.5, 0.6) is 5.75 Å². The van der Waals surface area contributed by atoms with E-state index in [2.05, 4.69) is 0 Å². The molecule has 2 aliphatic rings. The SMILES string of the molecule is Cc1ccccc1N1C(=O)[C@@H]2[C@H](ON(c3ccccc3)[C@H]2c2ccc(O)cc2)C1=O. The number of carbonyl (C=O) groups excluding carboxylic acids is 2. The van der Waals surface area contributed by atoms with E-state index in [1.807, 2.05) is 55.5 Å². The molecule has 0 bridgehead atoms. The van der Waals surface area contributed by atoms with Gasteiger partial charge in [0.05, 0.1) is 17.4 Å². The third-order valence-electron chi connectivity index (χ3n) is 5.72. The molecule has 0 saturated carbocycles. The molecule has 3 aromatic carbocycles. The Bertz CT molecular complexity index is 1110. The Labute approximate surface area is 173 Å². The van der Waals surface area contributed by atoms with Crippen molar-refractivity contribution in [1.29, 1.82) is 0 Å². The summed E-state index contributed by atoms with van der Waals surface area (Å²) < 4.78 is 0. The first-order chi connectivity index (χ1) is 14.6. The van der Waals surface area contributed by atoms with Gasteiger partial charge in [0.25, 0.3) is 5.91 Å². The first-order valence-electron chi connectivity index (χ1n) is 9.79. The lowest BCUT2D eigenvalue weighted by Crippen LogP contribution is -2.37. The average Bonchev–Trinajstić information content (AvgIpc) is 3.26. The lowest BCUT2D eigenvalue weighted by Gasteiger charge is -2.29. The molecule has 2 aliphatic heterocycles. The Kier molecular flexibility index (Phi) is 4.29. The number of hydroxylamine groups is 1. The molecule has 2 saturated heterocycles. The van der Waals surface area contributed by atoms with E-state index in [9.17, 15) is 14.7 Å². The summed E-state index contributed by atoms with van der Waals surface area (Å²) in [5.74, 6) is -1.20. The number of benzene rings is 3. The van der Waals surface area contributed by atoms with Gasteiger partial charge < -0.3 is 5.11 Å². The second kappa shape index (κ2) is 7.00. The van der Waals surface area contributed by atoms with Crippen LogP contribution in [0.3, 0.4) is 0 Å². The van der Waals surface area contributed by atoms with Gasteiger partial charge >= 0.3 is 0 Å². The first-order valence-corrected chi connectivity index (χ1v) is 9.79. The van der Waals surface area contributed by atoms with Crippen LogP contribution in [0.2, 0.25) is 0 Å². The van der Waals surface area contributed by atoms with E-state index < -0.39 is 18.1 Å².